The summed E-state index contributed by atoms with van der Waals surface area (Å²) >= 11 is 0. The Morgan fingerprint density at radius 2 is 2.44 bits per heavy atom. The second kappa shape index (κ2) is 5.82. The predicted molar refractivity (Wildman–Crippen MR) is 64.0 cm³/mol. The first-order valence-electron chi connectivity index (χ1n) is 5.98. The molecule has 0 radical (unpaired) electrons. The van der Waals surface area contributed by atoms with Gasteiger partial charge >= 0.3 is 5.97 Å². The molecule has 0 aliphatic carbocycles. The quantitative estimate of drug-likeness (QED) is 0.835. The van der Waals surface area contributed by atoms with Gasteiger partial charge < -0.3 is 15.2 Å². The van der Waals surface area contributed by atoms with Crippen molar-refractivity contribution in [3.8, 4) is 5.75 Å². The minimum absolute atomic E-state index is 0.0745. The Bertz CT molecular complexity index is 418. The van der Waals surface area contributed by atoms with Crippen LogP contribution in [0, 0.1) is 17.7 Å². The van der Waals surface area contributed by atoms with Crippen molar-refractivity contribution in [2.45, 2.75) is 6.42 Å². The van der Waals surface area contributed by atoms with E-state index in [4.69, 9.17) is 4.74 Å². The number of carbonyl (C=O) groups is 1. The molecule has 2 rings (SSSR count). The molecular weight excluding hydrogens is 237 g/mol. The molecule has 1 fully saturated rings. The smallest absolute Gasteiger partial charge is 0.310 e. The lowest BCUT2D eigenvalue weighted by molar-refractivity contribution is -0.144. The minimum Gasteiger partial charge on any atom is -0.493 e. The Hall–Kier alpha value is -1.62. The van der Waals surface area contributed by atoms with Gasteiger partial charge in [-0.15, -0.1) is 0 Å². The van der Waals surface area contributed by atoms with Crippen molar-refractivity contribution in [1.82, 2.24) is 5.32 Å². The van der Waals surface area contributed by atoms with Crippen molar-refractivity contribution >= 4 is 5.97 Å². The van der Waals surface area contributed by atoms with Crippen LogP contribution >= 0.6 is 0 Å². The maximum absolute atomic E-state index is 12.9. The van der Waals surface area contributed by atoms with Crippen molar-refractivity contribution in [3.05, 3.63) is 30.1 Å². The molecule has 0 saturated carbocycles. The Kier molecular flexibility index (Phi) is 4.15. The molecule has 1 aromatic rings. The third-order valence-electron chi connectivity index (χ3n) is 3.21. The first kappa shape index (κ1) is 12.8. The molecule has 0 bridgehead atoms. The molecule has 1 aromatic carbocycles. The summed E-state index contributed by atoms with van der Waals surface area (Å²) in [6.07, 6.45) is 0.837. The van der Waals surface area contributed by atoms with Crippen LogP contribution in [-0.2, 0) is 4.79 Å². The summed E-state index contributed by atoms with van der Waals surface area (Å²) in [7, 11) is 0. The van der Waals surface area contributed by atoms with Gasteiger partial charge in [-0.1, -0.05) is 6.07 Å². The maximum Gasteiger partial charge on any atom is 0.310 e. The number of carboxylic acid groups (broad SMARTS) is 1. The van der Waals surface area contributed by atoms with E-state index >= 15 is 0 Å². The van der Waals surface area contributed by atoms with Crippen LogP contribution in [0.5, 0.6) is 5.75 Å². The summed E-state index contributed by atoms with van der Waals surface area (Å²) in [6.45, 7) is 1.61. The van der Waals surface area contributed by atoms with Gasteiger partial charge in [-0.2, -0.15) is 0 Å². The maximum atomic E-state index is 12.9. The van der Waals surface area contributed by atoms with Crippen molar-refractivity contribution in [2.75, 3.05) is 19.7 Å². The van der Waals surface area contributed by atoms with Crippen molar-refractivity contribution in [1.29, 1.82) is 0 Å². The molecule has 2 N–H and O–H groups in total. The van der Waals surface area contributed by atoms with E-state index < -0.39 is 11.9 Å². The summed E-state index contributed by atoms with van der Waals surface area (Å²) in [5.41, 5.74) is 0. The molecule has 18 heavy (non-hydrogen) atoms. The number of nitrogens with one attached hydrogen (secondary N) is 1. The van der Waals surface area contributed by atoms with E-state index in [0.717, 1.165) is 13.0 Å². The molecule has 5 heteroatoms. The van der Waals surface area contributed by atoms with E-state index in [1.54, 1.807) is 6.07 Å². The lowest BCUT2D eigenvalue weighted by Crippen LogP contribution is -2.30. The van der Waals surface area contributed by atoms with Crippen LogP contribution in [0.3, 0.4) is 0 Å². The second-order valence-corrected chi connectivity index (χ2v) is 4.47. The average Bonchev–Trinajstić information content (AvgIpc) is 2.82. The minimum atomic E-state index is -0.861. The van der Waals surface area contributed by atoms with Gasteiger partial charge in [0.2, 0.25) is 0 Å². The molecule has 0 aromatic heterocycles. The van der Waals surface area contributed by atoms with Gasteiger partial charge in [0.05, 0.1) is 5.92 Å². The van der Waals surface area contributed by atoms with Gasteiger partial charge in [-0.05, 0) is 37.6 Å². The molecule has 2 unspecified atom stereocenters. The van der Waals surface area contributed by atoms with Crippen LogP contribution in [0.25, 0.3) is 0 Å². The highest BCUT2D eigenvalue weighted by atomic mass is 19.1. The fraction of sp³-hybridized carbons (Fsp3) is 0.462. The third-order valence-corrected chi connectivity index (χ3v) is 3.21. The standard InChI is InChI=1S/C13H16FNO3/c14-10-2-1-3-11(6-10)18-8-12(13(16)17)9-4-5-15-7-9/h1-3,6,9,12,15H,4-5,7-8H2,(H,16,17). The summed E-state index contributed by atoms with van der Waals surface area (Å²) in [6, 6.07) is 5.74. The molecule has 4 nitrogen and oxygen atoms in total. The molecule has 0 amide bonds. The van der Waals surface area contributed by atoms with Crippen LogP contribution < -0.4 is 10.1 Å². The zero-order valence-electron chi connectivity index (χ0n) is 9.93. The number of rotatable bonds is 5. The molecule has 1 saturated heterocycles. The van der Waals surface area contributed by atoms with Crippen molar-refractivity contribution in [3.63, 3.8) is 0 Å². The van der Waals surface area contributed by atoms with Gasteiger partial charge in [-0.3, -0.25) is 4.79 Å². The van der Waals surface area contributed by atoms with Crippen LogP contribution in [-0.4, -0.2) is 30.8 Å². The first-order chi connectivity index (χ1) is 8.66. The van der Waals surface area contributed by atoms with Crippen LogP contribution in [0.1, 0.15) is 6.42 Å². The Balaban J connectivity index is 1.95. The van der Waals surface area contributed by atoms with Crippen LogP contribution in [0.2, 0.25) is 0 Å². The Labute approximate surface area is 105 Å². The van der Waals surface area contributed by atoms with E-state index in [2.05, 4.69) is 5.32 Å². The Morgan fingerprint density at radius 3 is 3.06 bits per heavy atom. The van der Waals surface area contributed by atoms with E-state index in [1.807, 2.05) is 0 Å². The summed E-state index contributed by atoms with van der Waals surface area (Å²) < 4.78 is 18.3. The fourth-order valence-electron chi connectivity index (χ4n) is 2.17. The van der Waals surface area contributed by atoms with Gasteiger partial charge in [0.15, 0.2) is 0 Å². The van der Waals surface area contributed by atoms with Gasteiger partial charge in [0.25, 0.3) is 0 Å². The fourth-order valence-corrected chi connectivity index (χ4v) is 2.17. The molecule has 1 heterocycles. The van der Waals surface area contributed by atoms with E-state index in [-0.39, 0.29) is 18.3 Å². The van der Waals surface area contributed by atoms with E-state index in [9.17, 15) is 14.3 Å². The van der Waals surface area contributed by atoms with Gasteiger partial charge in [0, 0.05) is 6.07 Å². The number of carboxylic acids is 1. The third kappa shape index (κ3) is 3.20. The molecule has 1 aliphatic rings. The van der Waals surface area contributed by atoms with Crippen LogP contribution in [0.15, 0.2) is 24.3 Å². The number of hydrogen-bond donors (Lipinski definition) is 2. The number of benzene rings is 1. The molecule has 1 aliphatic heterocycles. The first-order valence-corrected chi connectivity index (χ1v) is 5.98. The topological polar surface area (TPSA) is 58.6 Å². The highest BCUT2D eigenvalue weighted by Crippen LogP contribution is 2.21. The monoisotopic (exact) mass is 253 g/mol. The lowest BCUT2D eigenvalue weighted by Gasteiger charge is -2.19. The molecule has 98 valence electrons. The SMILES string of the molecule is O=C(O)C(COc1cccc(F)c1)C1CCNC1. The van der Waals surface area contributed by atoms with Crippen LogP contribution in [0.4, 0.5) is 4.39 Å². The Morgan fingerprint density at radius 1 is 1.61 bits per heavy atom. The second-order valence-electron chi connectivity index (χ2n) is 4.47. The van der Waals surface area contributed by atoms with Gasteiger partial charge in [0.1, 0.15) is 18.2 Å². The zero-order chi connectivity index (χ0) is 13.0. The van der Waals surface area contributed by atoms with Gasteiger partial charge in [-0.25, -0.2) is 4.39 Å². The van der Waals surface area contributed by atoms with E-state index in [0.29, 0.717) is 12.3 Å². The predicted octanol–water partition coefficient (Wildman–Crippen LogP) is 1.51. The van der Waals surface area contributed by atoms with Crippen molar-refractivity contribution < 1.29 is 19.0 Å². The average molecular weight is 253 g/mol. The number of aliphatic carboxylic acids is 1. The van der Waals surface area contributed by atoms with Crippen molar-refractivity contribution in [2.24, 2.45) is 11.8 Å². The molecule has 0 spiro atoms. The summed E-state index contributed by atoms with van der Waals surface area (Å²) in [5, 5.41) is 12.3. The number of halogens is 1. The van der Waals surface area contributed by atoms with E-state index in [1.165, 1.54) is 18.2 Å². The normalized spacial score (nSPS) is 20.6. The highest BCUT2D eigenvalue weighted by molar-refractivity contribution is 5.70. The highest BCUT2D eigenvalue weighted by Gasteiger charge is 2.31. The largest absolute Gasteiger partial charge is 0.493 e. The number of ether oxygens (including phenoxy) is 1. The molecular formula is C13H16FNO3. The summed E-state index contributed by atoms with van der Waals surface area (Å²) in [4.78, 5) is 11.2. The summed E-state index contributed by atoms with van der Waals surface area (Å²) in [5.74, 6) is -1.35. The lowest BCUT2D eigenvalue weighted by atomic mass is 9.92. The zero-order valence-corrected chi connectivity index (χ0v) is 9.93. The number of hydrogen-bond acceptors (Lipinski definition) is 3. The molecule has 2 atom stereocenters.